The molecule has 4 N–H and O–H groups in total. The predicted octanol–water partition coefficient (Wildman–Crippen LogP) is 2.43. The fourth-order valence-corrected chi connectivity index (χ4v) is 5.60. The molecule has 3 atom stereocenters. The highest BCUT2D eigenvalue weighted by Gasteiger charge is 2.40. The lowest BCUT2D eigenvalue weighted by Gasteiger charge is -2.40. The van der Waals surface area contributed by atoms with E-state index in [0.717, 1.165) is 5.56 Å². The molecule has 2 aliphatic rings. The number of amides is 2. The van der Waals surface area contributed by atoms with E-state index in [4.69, 9.17) is 18.9 Å². The highest BCUT2D eigenvalue weighted by Crippen LogP contribution is 2.38. The summed E-state index contributed by atoms with van der Waals surface area (Å²) in [6, 6.07) is 7.89. The Labute approximate surface area is 257 Å². The Bertz CT molecular complexity index is 1350. The van der Waals surface area contributed by atoms with Crippen molar-refractivity contribution in [2.75, 3.05) is 27.1 Å². The third-order valence-electron chi connectivity index (χ3n) is 6.91. The molecule has 0 saturated carbocycles. The van der Waals surface area contributed by atoms with Crippen LogP contribution in [0.1, 0.15) is 30.9 Å². The summed E-state index contributed by atoms with van der Waals surface area (Å²) in [6.45, 7) is 1.75. The van der Waals surface area contributed by atoms with Crippen LogP contribution in [-0.4, -0.2) is 77.3 Å². The number of carbonyl (C=O) groups is 2. The SMILES string of the molecule is CCC=CC(=O)N(Cc1ccc2c(c1)OCO2)[C@@H]1CC(C(=O)NCCO)=C[C@H](Oc2c(I)cc(CO)cc2OC)[C@H]1O. The summed E-state index contributed by atoms with van der Waals surface area (Å²) >= 11 is 2.05. The fraction of sp³-hybridized carbons (Fsp3) is 0.400. The van der Waals surface area contributed by atoms with E-state index in [1.54, 1.807) is 30.3 Å². The first-order chi connectivity index (χ1) is 20.3. The predicted molar refractivity (Wildman–Crippen MR) is 161 cm³/mol. The zero-order valence-electron chi connectivity index (χ0n) is 23.4. The summed E-state index contributed by atoms with van der Waals surface area (Å²) in [5.74, 6) is 1.06. The van der Waals surface area contributed by atoms with E-state index in [1.165, 1.54) is 24.2 Å². The number of hydrogen-bond donors (Lipinski definition) is 4. The van der Waals surface area contributed by atoms with Crippen molar-refractivity contribution in [2.45, 2.75) is 51.2 Å². The molecule has 2 amide bonds. The zero-order valence-corrected chi connectivity index (χ0v) is 25.6. The molecule has 0 unspecified atom stereocenters. The number of rotatable bonds is 12. The smallest absolute Gasteiger partial charge is 0.247 e. The molecule has 0 spiro atoms. The van der Waals surface area contributed by atoms with E-state index in [1.807, 2.05) is 13.0 Å². The second-order valence-corrected chi connectivity index (χ2v) is 10.9. The molecule has 226 valence electrons. The fourth-order valence-electron chi connectivity index (χ4n) is 4.80. The number of aliphatic hydroxyl groups is 3. The first-order valence-corrected chi connectivity index (χ1v) is 14.6. The molecular formula is C30H35IN2O9. The second kappa shape index (κ2) is 14.7. The number of nitrogens with zero attached hydrogens (tertiary/aromatic N) is 1. The average molecular weight is 695 g/mol. The Morgan fingerprint density at radius 1 is 1.17 bits per heavy atom. The van der Waals surface area contributed by atoms with Crippen LogP contribution in [0.4, 0.5) is 0 Å². The lowest BCUT2D eigenvalue weighted by Crippen LogP contribution is -2.54. The van der Waals surface area contributed by atoms with Gasteiger partial charge in [-0.05, 0) is 76.6 Å². The van der Waals surface area contributed by atoms with Crippen molar-refractivity contribution in [1.29, 1.82) is 0 Å². The number of nitrogens with one attached hydrogen (secondary N) is 1. The Morgan fingerprint density at radius 3 is 2.67 bits per heavy atom. The van der Waals surface area contributed by atoms with Gasteiger partial charge in [-0.25, -0.2) is 0 Å². The summed E-state index contributed by atoms with van der Waals surface area (Å²) in [5.41, 5.74) is 1.67. The normalized spacial score (nSPS) is 19.4. The molecule has 0 saturated heterocycles. The van der Waals surface area contributed by atoms with Gasteiger partial charge in [-0.3, -0.25) is 9.59 Å². The van der Waals surface area contributed by atoms with Crippen LogP contribution < -0.4 is 24.3 Å². The summed E-state index contributed by atoms with van der Waals surface area (Å²) in [6.07, 6.45) is 3.14. The van der Waals surface area contributed by atoms with E-state index >= 15 is 0 Å². The van der Waals surface area contributed by atoms with Gasteiger partial charge >= 0.3 is 0 Å². The first kappa shape index (κ1) is 31.6. The van der Waals surface area contributed by atoms with Gasteiger partial charge in [-0.1, -0.05) is 19.1 Å². The minimum Gasteiger partial charge on any atom is -0.493 e. The Balaban J connectivity index is 1.72. The Hall–Kier alpha value is -3.33. The molecule has 12 heteroatoms. The van der Waals surface area contributed by atoms with Crippen molar-refractivity contribution in [2.24, 2.45) is 0 Å². The van der Waals surface area contributed by atoms with E-state index in [2.05, 4.69) is 27.9 Å². The molecule has 0 aromatic heterocycles. The van der Waals surface area contributed by atoms with Crippen LogP contribution in [0.5, 0.6) is 23.0 Å². The van der Waals surface area contributed by atoms with Gasteiger partial charge in [-0.15, -0.1) is 0 Å². The van der Waals surface area contributed by atoms with Crippen LogP contribution >= 0.6 is 22.6 Å². The Kier molecular flexibility index (Phi) is 11.1. The molecule has 0 fully saturated rings. The monoisotopic (exact) mass is 694 g/mol. The molecule has 2 aromatic carbocycles. The lowest BCUT2D eigenvalue weighted by molar-refractivity contribution is -0.134. The van der Waals surface area contributed by atoms with Crippen LogP contribution in [0.2, 0.25) is 0 Å². The van der Waals surface area contributed by atoms with Crippen LogP contribution in [0, 0.1) is 3.57 Å². The van der Waals surface area contributed by atoms with E-state index in [-0.39, 0.29) is 45.4 Å². The van der Waals surface area contributed by atoms with Gasteiger partial charge in [0.05, 0.1) is 29.9 Å². The summed E-state index contributed by atoms with van der Waals surface area (Å²) in [5, 5.41) is 33.2. The largest absolute Gasteiger partial charge is 0.493 e. The van der Waals surface area contributed by atoms with Crippen LogP contribution in [-0.2, 0) is 22.7 Å². The number of fused-ring (bicyclic) bond motifs is 1. The van der Waals surface area contributed by atoms with E-state index in [9.17, 15) is 24.9 Å². The van der Waals surface area contributed by atoms with Crippen LogP contribution in [0.3, 0.4) is 0 Å². The first-order valence-electron chi connectivity index (χ1n) is 13.6. The average Bonchev–Trinajstić information content (AvgIpc) is 3.47. The van der Waals surface area contributed by atoms with Gasteiger partial charge in [0.2, 0.25) is 18.6 Å². The highest BCUT2D eigenvalue weighted by molar-refractivity contribution is 14.1. The van der Waals surface area contributed by atoms with Crippen LogP contribution in [0.15, 0.2) is 54.1 Å². The molecule has 0 bridgehead atoms. The number of halogens is 1. The number of carbonyl (C=O) groups excluding carboxylic acids is 2. The van der Waals surface area contributed by atoms with Crippen molar-refractivity contribution in [3.8, 4) is 23.0 Å². The van der Waals surface area contributed by atoms with Gasteiger partial charge < -0.3 is 44.5 Å². The maximum Gasteiger partial charge on any atom is 0.247 e. The van der Waals surface area contributed by atoms with Gasteiger partial charge in [0.25, 0.3) is 0 Å². The minimum atomic E-state index is -1.23. The standard InChI is InChI=1S/C30H35IN2O9/c1-3-4-5-27(36)33(15-18-6-7-23-24(11-18)41-17-40-23)22-13-20(30(38)32-8-9-34)14-25(28(22)37)42-29-21(31)10-19(16-35)12-26(29)39-2/h4-7,10-12,14,22,25,28,34-35,37H,3,8-9,13,15-17H2,1-2H3,(H,32,38)/t22-,25+,28+/m1/s1. The van der Waals surface area contributed by atoms with Crippen molar-refractivity contribution in [3.63, 3.8) is 0 Å². The van der Waals surface area contributed by atoms with Gasteiger partial charge in [0, 0.05) is 25.1 Å². The molecule has 1 heterocycles. The van der Waals surface area contributed by atoms with Gasteiger partial charge in [-0.2, -0.15) is 0 Å². The molecule has 2 aromatic rings. The molecule has 1 aliphatic carbocycles. The zero-order chi connectivity index (χ0) is 30.2. The lowest BCUT2D eigenvalue weighted by atomic mass is 9.87. The van der Waals surface area contributed by atoms with E-state index in [0.29, 0.717) is 44.1 Å². The topological polar surface area (TPSA) is 147 Å². The van der Waals surface area contributed by atoms with E-state index < -0.39 is 24.2 Å². The third-order valence-corrected chi connectivity index (χ3v) is 7.71. The number of benzene rings is 2. The maximum atomic E-state index is 13.6. The number of hydrogen-bond acceptors (Lipinski definition) is 9. The Morgan fingerprint density at radius 2 is 1.95 bits per heavy atom. The van der Waals surface area contributed by atoms with Crippen LogP contribution in [0.25, 0.3) is 0 Å². The minimum absolute atomic E-state index is 0.0440. The summed E-state index contributed by atoms with van der Waals surface area (Å²) in [4.78, 5) is 28.2. The highest BCUT2D eigenvalue weighted by atomic mass is 127. The molecule has 0 radical (unpaired) electrons. The molecule has 4 rings (SSSR count). The number of ether oxygens (including phenoxy) is 4. The molecule has 1 aliphatic heterocycles. The maximum absolute atomic E-state index is 13.6. The van der Waals surface area contributed by atoms with Gasteiger partial charge in [0.1, 0.15) is 12.2 Å². The summed E-state index contributed by atoms with van der Waals surface area (Å²) < 4.78 is 23.3. The molecule has 42 heavy (non-hydrogen) atoms. The summed E-state index contributed by atoms with van der Waals surface area (Å²) in [7, 11) is 1.47. The third kappa shape index (κ3) is 7.35. The van der Waals surface area contributed by atoms with Crippen molar-refractivity contribution < 1.29 is 43.9 Å². The molecular weight excluding hydrogens is 659 g/mol. The van der Waals surface area contributed by atoms with Crippen molar-refractivity contribution in [1.82, 2.24) is 10.2 Å². The number of allylic oxidation sites excluding steroid dienone is 1. The van der Waals surface area contributed by atoms with Crippen molar-refractivity contribution >= 4 is 34.4 Å². The quantitative estimate of drug-likeness (QED) is 0.194. The molecule has 11 nitrogen and oxygen atoms in total. The number of aliphatic hydroxyl groups excluding tert-OH is 3. The number of methoxy groups -OCH3 is 1. The van der Waals surface area contributed by atoms with Gasteiger partial charge in [0.15, 0.2) is 23.0 Å². The van der Waals surface area contributed by atoms with Crippen molar-refractivity contribution in [3.05, 3.63) is 68.8 Å². The second-order valence-electron chi connectivity index (χ2n) is 9.75.